The lowest BCUT2D eigenvalue weighted by molar-refractivity contribution is -0.133. The molecule has 0 spiro atoms. The van der Waals surface area contributed by atoms with Gasteiger partial charge in [0.25, 0.3) is 5.91 Å². The molecule has 2 heterocycles. The fourth-order valence-electron chi connectivity index (χ4n) is 3.26. The van der Waals surface area contributed by atoms with Gasteiger partial charge in [0.2, 0.25) is 12.7 Å². The minimum Gasteiger partial charge on any atom is -0.497 e. The van der Waals surface area contributed by atoms with E-state index in [1.807, 2.05) is 0 Å². The summed E-state index contributed by atoms with van der Waals surface area (Å²) in [5.41, 5.74) is -0.238. The van der Waals surface area contributed by atoms with Crippen molar-refractivity contribution in [3.05, 3.63) is 48.0 Å². The number of ether oxygens (including phenoxy) is 3. The molecule has 2 aliphatic rings. The lowest BCUT2D eigenvalue weighted by atomic mass is 9.91. The Bertz CT molecular complexity index is 990. The smallest absolute Gasteiger partial charge is 0.325 e. The first-order valence-electron chi connectivity index (χ1n) is 8.89. The van der Waals surface area contributed by atoms with Crippen LogP contribution < -0.4 is 24.8 Å². The summed E-state index contributed by atoms with van der Waals surface area (Å²) in [5.74, 6) is 0.711. The van der Waals surface area contributed by atoms with E-state index in [1.54, 1.807) is 56.5 Å². The minimum absolute atomic E-state index is 0.105. The number of fused-ring (bicyclic) bond motifs is 1. The number of nitrogens with zero attached hydrogens (tertiary/aromatic N) is 1. The Morgan fingerprint density at radius 2 is 1.90 bits per heavy atom. The number of carbonyl (C=O) groups is 3. The number of anilines is 1. The lowest BCUT2D eigenvalue weighted by Gasteiger charge is -2.22. The van der Waals surface area contributed by atoms with Crippen LogP contribution in [0.4, 0.5) is 10.5 Å². The molecule has 4 amide bonds. The zero-order chi connectivity index (χ0) is 20.6. The third-order valence-electron chi connectivity index (χ3n) is 4.90. The van der Waals surface area contributed by atoms with Gasteiger partial charge in [-0.2, -0.15) is 0 Å². The molecule has 150 valence electrons. The van der Waals surface area contributed by atoms with Crippen molar-refractivity contribution in [1.82, 2.24) is 10.2 Å². The van der Waals surface area contributed by atoms with Gasteiger partial charge in [-0.25, -0.2) is 4.79 Å². The van der Waals surface area contributed by atoms with Gasteiger partial charge in [0.1, 0.15) is 17.8 Å². The van der Waals surface area contributed by atoms with Gasteiger partial charge >= 0.3 is 6.03 Å². The molecular formula is C20H19N3O6. The van der Waals surface area contributed by atoms with Crippen molar-refractivity contribution >= 4 is 23.5 Å². The first kappa shape index (κ1) is 18.6. The quantitative estimate of drug-likeness (QED) is 0.746. The number of carbonyl (C=O) groups excluding carboxylic acids is 3. The molecule has 2 aliphatic heterocycles. The van der Waals surface area contributed by atoms with Gasteiger partial charge in [-0.05, 0) is 48.9 Å². The number of benzene rings is 2. The second kappa shape index (κ2) is 7.01. The van der Waals surface area contributed by atoms with Gasteiger partial charge in [-0.15, -0.1) is 0 Å². The van der Waals surface area contributed by atoms with Crippen LogP contribution in [0.2, 0.25) is 0 Å². The second-order valence-electron chi connectivity index (χ2n) is 6.79. The zero-order valence-electron chi connectivity index (χ0n) is 15.9. The van der Waals surface area contributed by atoms with Gasteiger partial charge in [0.05, 0.1) is 7.11 Å². The monoisotopic (exact) mass is 397 g/mol. The maximum atomic E-state index is 13.0. The Kier molecular flexibility index (Phi) is 4.50. The fraction of sp³-hybridized carbons (Fsp3) is 0.250. The summed E-state index contributed by atoms with van der Waals surface area (Å²) < 4.78 is 15.7. The molecule has 1 atom stereocenters. The molecule has 0 aliphatic carbocycles. The first-order chi connectivity index (χ1) is 13.9. The van der Waals surface area contributed by atoms with Crippen molar-refractivity contribution < 1.29 is 28.6 Å². The summed E-state index contributed by atoms with van der Waals surface area (Å²) in [4.78, 5) is 38.7. The topological polar surface area (TPSA) is 106 Å². The molecular weight excluding hydrogens is 378 g/mol. The molecule has 9 nitrogen and oxygen atoms in total. The maximum Gasteiger partial charge on any atom is 0.325 e. The van der Waals surface area contributed by atoms with Gasteiger partial charge in [0, 0.05) is 5.69 Å². The van der Waals surface area contributed by atoms with Crippen LogP contribution in [0.1, 0.15) is 12.5 Å². The molecule has 1 fully saturated rings. The number of hydrogen-bond donors (Lipinski definition) is 2. The van der Waals surface area contributed by atoms with Crippen LogP contribution in [0.25, 0.3) is 0 Å². The fourth-order valence-corrected chi connectivity index (χ4v) is 3.26. The molecule has 1 saturated heterocycles. The molecule has 0 bridgehead atoms. The summed E-state index contributed by atoms with van der Waals surface area (Å²) in [6.07, 6.45) is 0. The summed E-state index contributed by atoms with van der Waals surface area (Å²) in [6, 6.07) is 11.1. The average molecular weight is 397 g/mol. The van der Waals surface area contributed by atoms with Crippen LogP contribution >= 0.6 is 0 Å². The number of amides is 4. The van der Waals surface area contributed by atoms with E-state index >= 15 is 0 Å². The van der Waals surface area contributed by atoms with E-state index in [9.17, 15) is 14.4 Å². The normalized spacial score (nSPS) is 19.9. The van der Waals surface area contributed by atoms with Crippen LogP contribution in [0, 0.1) is 0 Å². The minimum atomic E-state index is -1.31. The summed E-state index contributed by atoms with van der Waals surface area (Å²) in [7, 11) is 1.54. The predicted molar refractivity (Wildman–Crippen MR) is 102 cm³/mol. The van der Waals surface area contributed by atoms with Crippen LogP contribution in [-0.4, -0.2) is 43.2 Å². The summed E-state index contributed by atoms with van der Waals surface area (Å²) in [6.45, 7) is 1.29. The number of rotatable bonds is 5. The van der Waals surface area contributed by atoms with Crippen molar-refractivity contribution in [2.24, 2.45) is 0 Å². The molecule has 0 radical (unpaired) electrons. The van der Waals surface area contributed by atoms with Crippen molar-refractivity contribution in [2.45, 2.75) is 12.5 Å². The van der Waals surface area contributed by atoms with E-state index in [1.165, 1.54) is 0 Å². The highest BCUT2D eigenvalue weighted by Crippen LogP contribution is 2.37. The molecule has 0 unspecified atom stereocenters. The largest absolute Gasteiger partial charge is 0.497 e. The lowest BCUT2D eigenvalue weighted by Crippen LogP contribution is -2.42. The Morgan fingerprint density at radius 1 is 1.17 bits per heavy atom. The molecule has 0 saturated carbocycles. The Labute approximate surface area is 166 Å². The predicted octanol–water partition coefficient (Wildman–Crippen LogP) is 1.83. The van der Waals surface area contributed by atoms with Crippen LogP contribution in [0.3, 0.4) is 0 Å². The Balaban J connectivity index is 1.48. The van der Waals surface area contributed by atoms with Crippen LogP contribution in [-0.2, 0) is 15.1 Å². The van der Waals surface area contributed by atoms with Gasteiger partial charge < -0.3 is 24.8 Å². The standard InChI is InChI=1S/C20H19N3O6/c1-20(12-3-8-15-16(9-12)29-11-28-15)18(25)23(19(26)22-20)10-17(24)21-13-4-6-14(27-2)7-5-13/h3-9H,10-11H2,1-2H3,(H,21,24)(H,22,26)/t20-/m0/s1. The number of methoxy groups -OCH3 is 1. The number of urea groups is 1. The van der Waals surface area contributed by atoms with Crippen LogP contribution in [0.15, 0.2) is 42.5 Å². The highest BCUT2D eigenvalue weighted by Gasteiger charge is 2.49. The molecule has 2 aromatic carbocycles. The van der Waals surface area contributed by atoms with Crippen molar-refractivity contribution in [2.75, 3.05) is 25.8 Å². The van der Waals surface area contributed by atoms with Gasteiger partial charge in [-0.3, -0.25) is 14.5 Å². The summed E-state index contributed by atoms with van der Waals surface area (Å²) in [5, 5.41) is 5.32. The van der Waals surface area contributed by atoms with E-state index in [4.69, 9.17) is 14.2 Å². The summed E-state index contributed by atoms with van der Waals surface area (Å²) >= 11 is 0. The molecule has 0 aromatic heterocycles. The average Bonchev–Trinajstić information content (AvgIpc) is 3.27. The second-order valence-corrected chi connectivity index (χ2v) is 6.79. The molecule has 9 heteroatoms. The highest BCUT2D eigenvalue weighted by molar-refractivity contribution is 6.10. The molecule has 2 N–H and O–H groups in total. The van der Waals surface area contributed by atoms with Crippen molar-refractivity contribution in [1.29, 1.82) is 0 Å². The van der Waals surface area contributed by atoms with E-state index in [0.29, 0.717) is 28.5 Å². The van der Waals surface area contributed by atoms with Gasteiger partial charge in [-0.1, -0.05) is 6.07 Å². The molecule has 2 aromatic rings. The SMILES string of the molecule is COc1ccc(NC(=O)CN2C(=O)N[C@@](C)(c3ccc4c(c3)OCO4)C2=O)cc1. The van der Waals surface area contributed by atoms with E-state index < -0.39 is 29.9 Å². The van der Waals surface area contributed by atoms with E-state index in [0.717, 1.165) is 4.90 Å². The molecule has 29 heavy (non-hydrogen) atoms. The van der Waals surface area contributed by atoms with Gasteiger partial charge in [0.15, 0.2) is 11.5 Å². The van der Waals surface area contributed by atoms with E-state index in [-0.39, 0.29) is 6.79 Å². The van der Waals surface area contributed by atoms with E-state index in [2.05, 4.69) is 10.6 Å². The number of nitrogens with one attached hydrogen (secondary N) is 2. The Morgan fingerprint density at radius 3 is 2.62 bits per heavy atom. The zero-order valence-corrected chi connectivity index (χ0v) is 15.9. The number of hydrogen-bond acceptors (Lipinski definition) is 6. The van der Waals surface area contributed by atoms with Crippen molar-refractivity contribution in [3.8, 4) is 17.2 Å². The third-order valence-corrected chi connectivity index (χ3v) is 4.90. The maximum absolute atomic E-state index is 13.0. The highest BCUT2D eigenvalue weighted by atomic mass is 16.7. The van der Waals surface area contributed by atoms with Crippen molar-refractivity contribution in [3.63, 3.8) is 0 Å². The Hall–Kier alpha value is -3.75. The molecule has 4 rings (SSSR count). The third kappa shape index (κ3) is 3.31. The number of imide groups is 1. The van der Waals surface area contributed by atoms with Crippen LogP contribution in [0.5, 0.6) is 17.2 Å². The first-order valence-corrected chi connectivity index (χ1v) is 8.89.